The van der Waals surface area contributed by atoms with Crippen molar-refractivity contribution in [3.8, 4) is 0 Å². The van der Waals surface area contributed by atoms with Crippen LogP contribution < -0.4 is 10.6 Å². The van der Waals surface area contributed by atoms with E-state index in [1.54, 1.807) is 0 Å². The topological polar surface area (TPSA) is 78.4 Å². The SMILES string of the molecule is O=C(CCC1CCCNC1)NC1CCC(C(=O)O)CC1. The van der Waals surface area contributed by atoms with E-state index in [1.807, 2.05) is 0 Å². The number of nitrogens with one attached hydrogen (secondary N) is 2. The van der Waals surface area contributed by atoms with Crippen molar-refractivity contribution in [3.63, 3.8) is 0 Å². The van der Waals surface area contributed by atoms with Crippen molar-refractivity contribution in [2.24, 2.45) is 11.8 Å². The van der Waals surface area contributed by atoms with Gasteiger partial charge in [-0.15, -0.1) is 0 Å². The highest BCUT2D eigenvalue weighted by Crippen LogP contribution is 2.24. The lowest BCUT2D eigenvalue weighted by atomic mass is 9.86. The van der Waals surface area contributed by atoms with Crippen LogP contribution in [0.5, 0.6) is 0 Å². The molecule has 0 radical (unpaired) electrons. The van der Waals surface area contributed by atoms with Crippen LogP contribution in [0.4, 0.5) is 0 Å². The van der Waals surface area contributed by atoms with Gasteiger partial charge >= 0.3 is 5.97 Å². The van der Waals surface area contributed by atoms with Crippen LogP contribution in [0.1, 0.15) is 51.4 Å². The number of rotatable bonds is 5. The van der Waals surface area contributed by atoms with E-state index < -0.39 is 5.97 Å². The summed E-state index contributed by atoms with van der Waals surface area (Å²) in [5.74, 6) is -0.136. The molecule has 0 spiro atoms. The molecule has 3 N–H and O–H groups in total. The molecule has 1 atom stereocenters. The average molecular weight is 282 g/mol. The van der Waals surface area contributed by atoms with Gasteiger partial charge < -0.3 is 15.7 Å². The Hall–Kier alpha value is -1.10. The van der Waals surface area contributed by atoms with E-state index in [0.29, 0.717) is 25.2 Å². The lowest BCUT2D eigenvalue weighted by molar-refractivity contribution is -0.142. The van der Waals surface area contributed by atoms with Crippen LogP contribution in [0.25, 0.3) is 0 Å². The number of hydrogen-bond donors (Lipinski definition) is 3. The third-order valence-electron chi connectivity index (χ3n) is 4.62. The van der Waals surface area contributed by atoms with Gasteiger partial charge in [0.1, 0.15) is 0 Å². The second-order valence-corrected chi connectivity index (χ2v) is 6.21. The molecule has 0 bridgehead atoms. The summed E-state index contributed by atoms with van der Waals surface area (Å²) in [5, 5.41) is 15.4. The lowest BCUT2D eigenvalue weighted by Crippen LogP contribution is -2.39. The number of carbonyl (C=O) groups is 2. The Kier molecular flexibility index (Phi) is 5.83. The summed E-state index contributed by atoms with van der Waals surface area (Å²) in [6.07, 6.45) is 6.98. The largest absolute Gasteiger partial charge is 0.481 e. The van der Waals surface area contributed by atoms with Crippen LogP contribution >= 0.6 is 0 Å². The summed E-state index contributed by atoms with van der Waals surface area (Å²) >= 11 is 0. The Bertz CT molecular complexity index is 332. The molecule has 20 heavy (non-hydrogen) atoms. The van der Waals surface area contributed by atoms with Gasteiger partial charge in [-0.1, -0.05) is 0 Å². The highest BCUT2D eigenvalue weighted by molar-refractivity contribution is 5.76. The van der Waals surface area contributed by atoms with Crippen molar-refractivity contribution in [2.45, 2.75) is 57.4 Å². The Morgan fingerprint density at radius 1 is 1.15 bits per heavy atom. The molecular formula is C15H26N2O3. The maximum absolute atomic E-state index is 11.9. The number of carbonyl (C=O) groups excluding carboxylic acids is 1. The first-order valence-corrected chi connectivity index (χ1v) is 7.88. The van der Waals surface area contributed by atoms with E-state index in [2.05, 4.69) is 10.6 Å². The minimum atomic E-state index is -0.695. The maximum atomic E-state index is 11.9. The van der Waals surface area contributed by atoms with Gasteiger partial charge in [0.25, 0.3) is 0 Å². The Morgan fingerprint density at radius 2 is 1.90 bits per heavy atom. The van der Waals surface area contributed by atoms with Crippen LogP contribution in [0.2, 0.25) is 0 Å². The molecule has 2 rings (SSSR count). The zero-order valence-electron chi connectivity index (χ0n) is 12.1. The zero-order valence-corrected chi connectivity index (χ0v) is 12.1. The van der Waals surface area contributed by atoms with E-state index in [1.165, 1.54) is 12.8 Å². The molecule has 0 aromatic rings. The molecule has 1 saturated heterocycles. The monoisotopic (exact) mass is 282 g/mol. The molecule has 2 fully saturated rings. The summed E-state index contributed by atoms with van der Waals surface area (Å²) in [5.41, 5.74) is 0. The van der Waals surface area contributed by atoms with E-state index in [0.717, 1.165) is 32.4 Å². The minimum Gasteiger partial charge on any atom is -0.481 e. The molecule has 5 heteroatoms. The van der Waals surface area contributed by atoms with Gasteiger partial charge in [-0.3, -0.25) is 9.59 Å². The Balaban J connectivity index is 1.61. The van der Waals surface area contributed by atoms with Gasteiger partial charge in [0.15, 0.2) is 0 Å². The quantitative estimate of drug-likeness (QED) is 0.714. The molecular weight excluding hydrogens is 256 g/mol. The number of piperidine rings is 1. The van der Waals surface area contributed by atoms with Crippen LogP contribution in [0.3, 0.4) is 0 Å². The van der Waals surface area contributed by atoms with E-state index in [-0.39, 0.29) is 17.9 Å². The van der Waals surface area contributed by atoms with Crippen LogP contribution in [-0.4, -0.2) is 36.1 Å². The number of aliphatic carboxylic acids is 1. The van der Waals surface area contributed by atoms with Crippen LogP contribution in [-0.2, 0) is 9.59 Å². The van der Waals surface area contributed by atoms with Crippen LogP contribution in [0, 0.1) is 11.8 Å². The van der Waals surface area contributed by atoms with Gasteiger partial charge in [0.2, 0.25) is 5.91 Å². The number of hydrogen-bond acceptors (Lipinski definition) is 3. The maximum Gasteiger partial charge on any atom is 0.306 e. The van der Waals surface area contributed by atoms with E-state index >= 15 is 0 Å². The average Bonchev–Trinajstić information content (AvgIpc) is 2.47. The molecule has 0 aromatic heterocycles. The first-order chi connectivity index (χ1) is 9.65. The predicted molar refractivity (Wildman–Crippen MR) is 76.4 cm³/mol. The Labute approximate surface area is 120 Å². The van der Waals surface area contributed by atoms with Crippen molar-refractivity contribution >= 4 is 11.9 Å². The molecule has 1 saturated carbocycles. The van der Waals surface area contributed by atoms with Gasteiger partial charge in [-0.05, 0) is 64.0 Å². The number of carboxylic acid groups (broad SMARTS) is 1. The molecule has 1 aliphatic heterocycles. The fourth-order valence-corrected chi connectivity index (χ4v) is 3.29. The van der Waals surface area contributed by atoms with E-state index in [4.69, 9.17) is 5.11 Å². The van der Waals surface area contributed by atoms with Gasteiger partial charge in [-0.25, -0.2) is 0 Å². The molecule has 1 amide bonds. The molecule has 1 heterocycles. The van der Waals surface area contributed by atoms with Crippen molar-refractivity contribution in [1.82, 2.24) is 10.6 Å². The van der Waals surface area contributed by atoms with E-state index in [9.17, 15) is 9.59 Å². The van der Waals surface area contributed by atoms with Gasteiger partial charge in [0.05, 0.1) is 5.92 Å². The summed E-state index contributed by atoms with van der Waals surface area (Å²) in [6.45, 7) is 2.15. The predicted octanol–water partition coefficient (Wildman–Crippen LogP) is 1.53. The summed E-state index contributed by atoms with van der Waals surface area (Å²) in [4.78, 5) is 22.8. The second-order valence-electron chi connectivity index (χ2n) is 6.21. The number of amides is 1. The molecule has 1 aliphatic carbocycles. The minimum absolute atomic E-state index is 0.134. The summed E-state index contributed by atoms with van der Waals surface area (Å²) in [6, 6.07) is 0.183. The summed E-state index contributed by atoms with van der Waals surface area (Å²) < 4.78 is 0. The lowest BCUT2D eigenvalue weighted by Gasteiger charge is -2.27. The molecule has 2 aliphatic rings. The summed E-state index contributed by atoms with van der Waals surface area (Å²) in [7, 11) is 0. The fraction of sp³-hybridized carbons (Fsp3) is 0.867. The smallest absolute Gasteiger partial charge is 0.306 e. The third-order valence-corrected chi connectivity index (χ3v) is 4.62. The third kappa shape index (κ3) is 4.78. The normalized spacial score (nSPS) is 30.7. The first kappa shape index (κ1) is 15.3. The first-order valence-electron chi connectivity index (χ1n) is 7.88. The highest BCUT2D eigenvalue weighted by atomic mass is 16.4. The number of carboxylic acids is 1. The molecule has 114 valence electrons. The van der Waals surface area contributed by atoms with Crippen LogP contribution in [0.15, 0.2) is 0 Å². The van der Waals surface area contributed by atoms with Gasteiger partial charge in [-0.2, -0.15) is 0 Å². The molecule has 0 aromatic carbocycles. The molecule has 5 nitrogen and oxygen atoms in total. The Morgan fingerprint density at radius 3 is 2.50 bits per heavy atom. The van der Waals surface area contributed by atoms with Crippen molar-refractivity contribution in [1.29, 1.82) is 0 Å². The zero-order chi connectivity index (χ0) is 14.4. The van der Waals surface area contributed by atoms with Crippen molar-refractivity contribution in [3.05, 3.63) is 0 Å². The fourth-order valence-electron chi connectivity index (χ4n) is 3.29. The second kappa shape index (κ2) is 7.62. The van der Waals surface area contributed by atoms with Crippen molar-refractivity contribution < 1.29 is 14.7 Å². The van der Waals surface area contributed by atoms with Gasteiger partial charge in [0, 0.05) is 12.5 Å². The van der Waals surface area contributed by atoms with Crippen molar-refractivity contribution in [2.75, 3.05) is 13.1 Å². The highest BCUT2D eigenvalue weighted by Gasteiger charge is 2.26. The molecule has 1 unspecified atom stereocenters. The standard InChI is InChI=1S/C15H26N2O3/c18-14(8-3-11-2-1-9-16-10-11)17-13-6-4-12(5-7-13)15(19)20/h11-13,16H,1-10H2,(H,17,18)(H,19,20).